The first-order chi connectivity index (χ1) is 11.3. The average Bonchev–Trinajstić information content (AvgIpc) is 2.92. The van der Waals surface area contributed by atoms with Gasteiger partial charge in [-0.05, 0) is 40.9 Å². The van der Waals surface area contributed by atoms with Crippen molar-refractivity contribution in [2.24, 2.45) is 5.92 Å². The van der Waals surface area contributed by atoms with Crippen LogP contribution >= 0.6 is 15.9 Å². The first-order valence-corrected chi connectivity index (χ1v) is 8.24. The molecule has 1 aromatic heterocycles. The van der Waals surface area contributed by atoms with Crippen molar-refractivity contribution in [1.82, 2.24) is 14.9 Å². The molecule has 1 fully saturated rings. The van der Waals surface area contributed by atoms with Crippen LogP contribution in [0, 0.1) is 11.7 Å². The Bertz CT molecular complexity index is 737. The maximum atomic E-state index is 13.6. The van der Waals surface area contributed by atoms with Gasteiger partial charge in [-0.25, -0.2) is 14.4 Å². The number of benzene rings is 1. The number of alkyl halides is 3. The number of nitrogens with zero attached hydrogens (tertiary/aromatic N) is 3. The quantitative estimate of drug-likeness (QED) is 0.783. The molecular formula is C15H15BrF4N4. The van der Waals surface area contributed by atoms with Gasteiger partial charge in [0.05, 0.1) is 16.5 Å². The fourth-order valence-electron chi connectivity index (χ4n) is 2.91. The molecule has 2 heterocycles. The van der Waals surface area contributed by atoms with Crippen molar-refractivity contribution < 1.29 is 17.6 Å². The second-order valence-corrected chi connectivity index (χ2v) is 6.75. The zero-order valence-electron chi connectivity index (χ0n) is 12.6. The van der Waals surface area contributed by atoms with Crippen LogP contribution in [0.1, 0.15) is 6.42 Å². The molecule has 130 valence electrons. The number of hydrogen-bond donors (Lipinski definition) is 1. The normalized spacial score (nSPS) is 19.1. The molecule has 1 aliphatic rings. The maximum Gasteiger partial charge on any atom is 0.401 e. The lowest BCUT2D eigenvalue weighted by Gasteiger charge is -2.18. The van der Waals surface area contributed by atoms with Crippen molar-refractivity contribution >= 4 is 32.7 Å². The van der Waals surface area contributed by atoms with Gasteiger partial charge < -0.3 is 5.32 Å². The van der Waals surface area contributed by atoms with Gasteiger partial charge in [-0.15, -0.1) is 0 Å². The molecule has 1 atom stereocenters. The van der Waals surface area contributed by atoms with Crippen LogP contribution in [0.5, 0.6) is 0 Å². The Kier molecular flexibility index (Phi) is 4.91. The second-order valence-electron chi connectivity index (χ2n) is 5.89. The van der Waals surface area contributed by atoms with Gasteiger partial charge in [0, 0.05) is 24.5 Å². The molecule has 0 radical (unpaired) electrons. The van der Waals surface area contributed by atoms with Crippen LogP contribution in [-0.2, 0) is 0 Å². The molecule has 0 amide bonds. The second kappa shape index (κ2) is 6.79. The van der Waals surface area contributed by atoms with E-state index >= 15 is 0 Å². The van der Waals surface area contributed by atoms with E-state index in [1.54, 1.807) is 6.07 Å². The van der Waals surface area contributed by atoms with Crippen molar-refractivity contribution in [3.63, 3.8) is 0 Å². The first-order valence-electron chi connectivity index (χ1n) is 7.44. The zero-order valence-corrected chi connectivity index (χ0v) is 14.2. The van der Waals surface area contributed by atoms with E-state index in [2.05, 4.69) is 31.2 Å². The number of halogens is 5. The number of fused-ring (bicyclic) bond motifs is 1. The highest BCUT2D eigenvalue weighted by Crippen LogP contribution is 2.27. The van der Waals surface area contributed by atoms with Crippen LogP contribution in [0.25, 0.3) is 10.9 Å². The average molecular weight is 407 g/mol. The summed E-state index contributed by atoms with van der Waals surface area (Å²) in [5.41, 5.74) is 0.471. The number of aromatic nitrogens is 2. The largest absolute Gasteiger partial charge is 0.401 e. The Hall–Kier alpha value is -1.48. The zero-order chi connectivity index (χ0) is 17.3. The van der Waals surface area contributed by atoms with Crippen LogP contribution in [0.15, 0.2) is 22.9 Å². The number of hydrogen-bond acceptors (Lipinski definition) is 4. The Morgan fingerprint density at radius 3 is 2.83 bits per heavy atom. The van der Waals surface area contributed by atoms with Gasteiger partial charge in [0.15, 0.2) is 0 Å². The molecule has 0 bridgehead atoms. The van der Waals surface area contributed by atoms with Crippen molar-refractivity contribution in [2.45, 2.75) is 12.6 Å². The topological polar surface area (TPSA) is 41.1 Å². The Morgan fingerprint density at radius 2 is 2.08 bits per heavy atom. The van der Waals surface area contributed by atoms with Crippen molar-refractivity contribution in [3.8, 4) is 0 Å². The molecule has 0 saturated carbocycles. The summed E-state index contributed by atoms with van der Waals surface area (Å²) in [4.78, 5) is 9.60. The van der Waals surface area contributed by atoms with Gasteiger partial charge in [0.1, 0.15) is 18.0 Å². The van der Waals surface area contributed by atoms with Crippen molar-refractivity contribution in [2.75, 3.05) is 31.5 Å². The summed E-state index contributed by atoms with van der Waals surface area (Å²) in [5.74, 6) is 0.252. The third-order valence-electron chi connectivity index (χ3n) is 4.01. The Labute approximate surface area is 144 Å². The van der Waals surface area contributed by atoms with E-state index in [0.29, 0.717) is 47.2 Å². The third kappa shape index (κ3) is 4.13. The minimum absolute atomic E-state index is 0.112. The smallest absolute Gasteiger partial charge is 0.369 e. The highest BCUT2D eigenvalue weighted by atomic mass is 79.9. The molecular weight excluding hydrogens is 392 g/mol. The molecule has 1 N–H and O–H groups in total. The number of nitrogens with one attached hydrogen (secondary N) is 1. The van der Waals surface area contributed by atoms with Gasteiger partial charge >= 0.3 is 6.18 Å². The first kappa shape index (κ1) is 17.3. The summed E-state index contributed by atoms with van der Waals surface area (Å²) in [6.45, 7) is 0.475. The molecule has 3 rings (SSSR count). The van der Waals surface area contributed by atoms with E-state index in [1.807, 2.05) is 0 Å². The van der Waals surface area contributed by atoms with Crippen LogP contribution in [0.4, 0.5) is 23.4 Å². The summed E-state index contributed by atoms with van der Waals surface area (Å²) in [7, 11) is 0. The summed E-state index contributed by atoms with van der Waals surface area (Å²) in [5, 5.41) is 3.82. The Morgan fingerprint density at radius 1 is 1.29 bits per heavy atom. The van der Waals surface area contributed by atoms with Crippen LogP contribution in [0.2, 0.25) is 0 Å². The summed E-state index contributed by atoms with van der Waals surface area (Å²) in [6, 6.07) is 2.91. The lowest BCUT2D eigenvalue weighted by atomic mass is 10.1. The van der Waals surface area contributed by atoms with Crippen molar-refractivity contribution in [3.05, 3.63) is 28.7 Å². The van der Waals surface area contributed by atoms with E-state index in [-0.39, 0.29) is 5.92 Å². The Balaban J connectivity index is 1.65. The molecule has 1 aliphatic heterocycles. The fraction of sp³-hybridized carbons (Fsp3) is 0.467. The molecule has 0 unspecified atom stereocenters. The lowest BCUT2D eigenvalue weighted by Crippen LogP contribution is -2.33. The molecule has 1 saturated heterocycles. The SMILES string of the molecule is Fc1cc2ncnc(NC[C@@H]3CCN(CC(F)(F)F)C3)c2cc1Br. The van der Waals surface area contributed by atoms with Gasteiger partial charge in [-0.2, -0.15) is 13.2 Å². The highest BCUT2D eigenvalue weighted by molar-refractivity contribution is 9.10. The maximum absolute atomic E-state index is 13.6. The number of anilines is 1. The molecule has 0 aliphatic carbocycles. The van der Waals surface area contributed by atoms with E-state index in [1.165, 1.54) is 17.3 Å². The lowest BCUT2D eigenvalue weighted by molar-refractivity contribution is -0.143. The van der Waals surface area contributed by atoms with Crippen LogP contribution in [0.3, 0.4) is 0 Å². The molecule has 24 heavy (non-hydrogen) atoms. The molecule has 1 aromatic carbocycles. The monoisotopic (exact) mass is 406 g/mol. The predicted octanol–water partition coefficient (Wildman–Crippen LogP) is 3.83. The minimum Gasteiger partial charge on any atom is -0.369 e. The summed E-state index contributed by atoms with van der Waals surface area (Å²) in [6.07, 6.45) is -2.13. The van der Waals surface area contributed by atoms with E-state index in [4.69, 9.17) is 0 Å². The van der Waals surface area contributed by atoms with Gasteiger partial charge in [-0.1, -0.05) is 0 Å². The number of likely N-dealkylation sites (tertiary alicyclic amines) is 1. The van der Waals surface area contributed by atoms with Crippen LogP contribution in [-0.4, -0.2) is 47.2 Å². The van der Waals surface area contributed by atoms with Crippen LogP contribution < -0.4 is 5.32 Å². The van der Waals surface area contributed by atoms with Gasteiger partial charge in [0.2, 0.25) is 0 Å². The highest BCUT2D eigenvalue weighted by Gasteiger charge is 2.34. The standard InChI is InChI=1S/C15H15BrF4N4/c16-11-3-10-13(4-12(11)17)22-8-23-14(10)21-5-9-1-2-24(6-9)7-15(18,19)20/h3-4,8-9H,1-2,5-7H2,(H,21,22,23)/t9-/m0/s1. The van der Waals surface area contributed by atoms with Crippen molar-refractivity contribution in [1.29, 1.82) is 0 Å². The van der Waals surface area contributed by atoms with Gasteiger partial charge in [0.25, 0.3) is 0 Å². The molecule has 4 nitrogen and oxygen atoms in total. The predicted molar refractivity (Wildman–Crippen MR) is 86.3 cm³/mol. The minimum atomic E-state index is -4.17. The van der Waals surface area contributed by atoms with E-state index < -0.39 is 18.5 Å². The van der Waals surface area contributed by atoms with E-state index in [9.17, 15) is 17.6 Å². The number of rotatable bonds is 4. The molecule has 2 aromatic rings. The summed E-state index contributed by atoms with van der Waals surface area (Å²) >= 11 is 3.13. The van der Waals surface area contributed by atoms with E-state index in [0.717, 1.165) is 0 Å². The molecule has 0 spiro atoms. The molecule has 9 heteroatoms. The third-order valence-corrected chi connectivity index (χ3v) is 4.62. The summed E-state index contributed by atoms with van der Waals surface area (Å²) < 4.78 is 51.1. The fourth-order valence-corrected chi connectivity index (χ4v) is 3.25. The van der Waals surface area contributed by atoms with Gasteiger partial charge in [-0.3, -0.25) is 4.90 Å².